The molecule has 0 atom stereocenters. The summed E-state index contributed by atoms with van der Waals surface area (Å²) in [6, 6.07) is 3.60. The van der Waals surface area contributed by atoms with Crippen molar-refractivity contribution in [1.29, 1.82) is 0 Å². The highest BCUT2D eigenvalue weighted by Gasteiger charge is 2.08. The third-order valence-electron chi connectivity index (χ3n) is 2.37. The number of nitrogens with zero attached hydrogens (tertiary/aromatic N) is 4. The fraction of sp³-hybridized carbons (Fsp3) is 0.167. The molecule has 0 aromatic carbocycles. The third-order valence-corrected chi connectivity index (χ3v) is 2.74. The van der Waals surface area contributed by atoms with Gasteiger partial charge in [0.15, 0.2) is 0 Å². The van der Waals surface area contributed by atoms with Crippen molar-refractivity contribution in [3.8, 4) is 0 Å². The predicted molar refractivity (Wildman–Crippen MR) is 73.1 cm³/mol. The Morgan fingerprint density at radius 1 is 1.53 bits per heavy atom. The lowest BCUT2D eigenvalue weighted by Crippen LogP contribution is -2.23. The second-order valence-corrected chi connectivity index (χ2v) is 4.09. The lowest BCUT2D eigenvalue weighted by molar-refractivity contribution is 0.653. The molecule has 1 N–H and O–H groups in total. The van der Waals surface area contributed by atoms with Gasteiger partial charge >= 0.3 is 0 Å². The first-order chi connectivity index (χ1) is 9.22. The lowest BCUT2D eigenvalue weighted by atomic mass is 10.3. The molecule has 6 nitrogen and oxygen atoms in total. The molecule has 0 bridgehead atoms. The van der Waals surface area contributed by atoms with Crippen molar-refractivity contribution in [2.24, 2.45) is 0 Å². The van der Waals surface area contributed by atoms with Gasteiger partial charge in [-0.05, 0) is 12.1 Å². The average Bonchev–Trinajstić information content (AvgIpc) is 2.44. The Morgan fingerprint density at radius 3 is 3.05 bits per heavy atom. The summed E-state index contributed by atoms with van der Waals surface area (Å²) in [5.74, 6) is 0. The summed E-state index contributed by atoms with van der Waals surface area (Å²) < 4.78 is 1.24. The van der Waals surface area contributed by atoms with E-state index < -0.39 is 0 Å². The van der Waals surface area contributed by atoms with Gasteiger partial charge in [-0.15, -0.1) is 6.58 Å². The Labute approximate surface area is 114 Å². The maximum atomic E-state index is 11.8. The van der Waals surface area contributed by atoms with Crippen LogP contribution in [-0.4, -0.2) is 20.0 Å². The summed E-state index contributed by atoms with van der Waals surface area (Å²) in [6.45, 7) is 4.29. The Bertz CT molecular complexity index is 626. The summed E-state index contributed by atoms with van der Waals surface area (Å²) in [5.41, 5.74) is 0.859. The monoisotopic (exact) mass is 277 g/mol. The van der Waals surface area contributed by atoms with E-state index in [1.807, 2.05) is 6.07 Å². The van der Waals surface area contributed by atoms with Crippen molar-refractivity contribution in [3.63, 3.8) is 0 Å². The van der Waals surface area contributed by atoms with Crippen molar-refractivity contribution >= 4 is 17.3 Å². The molecular weight excluding hydrogens is 266 g/mol. The molecular formula is C12H12ClN5O. The average molecular weight is 278 g/mol. The van der Waals surface area contributed by atoms with Crippen LogP contribution in [0.4, 0.5) is 5.69 Å². The van der Waals surface area contributed by atoms with E-state index in [4.69, 9.17) is 11.6 Å². The van der Waals surface area contributed by atoms with Crippen LogP contribution in [0.5, 0.6) is 0 Å². The van der Waals surface area contributed by atoms with Crippen LogP contribution < -0.4 is 10.9 Å². The molecule has 98 valence electrons. The summed E-state index contributed by atoms with van der Waals surface area (Å²) >= 11 is 5.99. The molecule has 0 aliphatic heterocycles. The number of nitrogens with one attached hydrogen (secondary N) is 1. The van der Waals surface area contributed by atoms with Crippen molar-refractivity contribution in [3.05, 3.63) is 58.3 Å². The maximum Gasteiger partial charge on any atom is 0.287 e. The first-order valence-electron chi connectivity index (χ1n) is 5.59. The van der Waals surface area contributed by atoms with E-state index in [-0.39, 0.29) is 10.6 Å². The minimum absolute atomic E-state index is 0.0979. The van der Waals surface area contributed by atoms with Crippen LogP contribution in [0.1, 0.15) is 5.69 Å². The number of halogens is 1. The van der Waals surface area contributed by atoms with Crippen molar-refractivity contribution in [2.75, 3.05) is 5.32 Å². The summed E-state index contributed by atoms with van der Waals surface area (Å²) in [6.07, 6.45) is 4.68. The van der Waals surface area contributed by atoms with Crippen molar-refractivity contribution in [2.45, 2.75) is 13.1 Å². The van der Waals surface area contributed by atoms with E-state index in [9.17, 15) is 4.79 Å². The number of anilines is 1. The maximum absolute atomic E-state index is 11.8. The zero-order chi connectivity index (χ0) is 13.7. The fourth-order valence-corrected chi connectivity index (χ4v) is 1.67. The van der Waals surface area contributed by atoms with Crippen LogP contribution in [0, 0.1) is 0 Å². The predicted octanol–water partition coefficient (Wildman–Crippen LogP) is 1.48. The topological polar surface area (TPSA) is 72.7 Å². The zero-order valence-corrected chi connectivity index (χ0v) is 10.8. The Kier molecular flexibility index (Phi) is 4.25. The molecule has 0 unspecified atom stereocenters. The molecule has 0 aliphatic carbocycles. The number of rotatable bonds is 5. The molecule has 0 saturated carbocycles. The number of hydrogen-bond acceptors (Lipinski definition) is 5. The van der Waals surface area contributed by atoms with E-state index in [0.717, 1.165) is 5.69 Å². The van der Waals surface area contributed by atoms with Crippen LogP contribution in [-0.2, 0) is 13.1 Å². The van der Waals surface area contributed by atoms with Gasteiger partial charge in [0.25, 0.3) is 5.56 Å². The summed E-state index contributed by atoms with van der Waals surface area (Å²) in [7, 11) is 0. The second-order valence-electron chi connectivity index (χ2n) is 3.72. The molecule has 2 rings (SSSR count). The highest BCUT2D eigenvalue weighted by molar-refractivity contribution is 6.32. The zero-order valence-electron chi connectivity index (χ0n) is 10.1. The van der Waals surface area contributed by atoms with Gasteiger partial charge in [-0.2, -0.15) is 15.3 Å². The minimum atomic E-state index is -0.356. The molecule has 2 aromatic heterocycles. The van der Waals surface area contributed by atoms with E-state index in [0.29, 0.717) is 18.8 Å². The molecule has 0 aliphatic rings. The summed E-state index contributed by atoms with van der Waals surface area (Å²) in [5, 5.41) is 14.8. The van der Waals surface area contributed by atoms with Gasteiger partial charge in [-0.25, -0.2) is 4.68 Å². The minimum Gasteiger partial charge on any atom is -0.377 e. The standard InChI is InChI=1S/C12H12ClN5O/c1-2-6-18-12(19)11(13)10(8-16-18)14-7-9-4-3-5-15-17-9/h2-5,8,14H,1,6-7H2. The Morgan fingerprint density at radius 2 is 2.37 bits per heavy atom. The lowest BCUT2D eigenvalue weighted by Gasteiger charge is -2.08. The van der Waals surface area contributed by atoms with Crippen LogP contribution in [0.25, 0.3) is 0 Å². The van der Waals surface area contributed by atoms with Crippen LogP contribution >= 0.6 is 11.6 Å². The van der Waals surface area contributed by atoms with Gasteiger partial charge in [0.05, 0.1) is 30.7 Å². The molecule has 0 radical (unpaired) electrons. The molecule has 19 heavy (non-hydrogen) atoms. The first-order valence-corrected chi connectivity index (χ1v) is 5.97. The van der Waals surface area contributed by atoms with Crippen molar-refractivity contribution < 1.29 is 0 Å². The quantitative estimate of drug-likeness (QED) is 0.838. The third kappa shape index (κ3) is 3.17. The molecule has 0 spiro atoms. The molecule has 0 saturated heterocycles. The van der Waals surface area contributed by atoms with Gasteiger partial charge in [0.2, 0.25) is 0 Å². The highest BCUT2D eigenvalue weighted by Crippen LogP contribution is 2.15. The molecule has 2 heterocycles. The highest BCUT2D eigenvalue weighted by atomic mass is 35.5. The Hall–Kier alpha value is -2.21. The SMILES string of the molecule is C=CCn1ncc(NCc2cccnn2)c(Cl)c1=O. The largest absolute Gasteiger partial charge is 0.377 e. The normalized spacial score (nSPS) is 10.2. The summed E-state index contributed by atoms with van der Waals surface area (Å²) in [4.78, 5) is 11.8. The van der Waals surface area contributed by atoms with Crippen LogP contribution in [0.2, 0.25) is 5.02 Å². The molecule has 0 fully saturated rings. The van der Waals surface area contributed by atoms with Gasteiger partial charge in [-0.1, -0.05) is 17.7 Å². The number of aromatic nitrogens is 4. The van der Waals surface area contributed by atoms with Gasteiger partial charge in [0.1, 0.15) is 5.02 Å². The van der Waals surface area contributed by atoms with E-state index >= 15 is 0 Å². The first kappa shape index (κ1) is 13.2. The van der Waals surface area contributed by atoms with Gasteiger partial charge in [-0.3, -0.25) is 4.79 Å². The van der Waals surface area contributed by atoms with E-state index in [2.05, 4.69) is 27.2 Å². The molecule has 2 aromatic rings. The second kappa shape index (κ2) is 6.10. The van der Waals surface area contributed by atoms with E-state index in [1.165, 1.54) is 10.9 Å². The van der Waals surface area contributed by atoms with Gasteiger partial charge in [0, 0.05) is 6.20 Å². The smallest absolute Gasteiger partial charge is 0.287 e. The number of hydrogen-bond donors (Lipinski definition) is 1. The van der Waals surface area contributed by atoms with E-state index in [1.54, 1.807) is 18.3 Å². The van der Waals surface area contributed by atoms with Crippen LogP contribution in [0.15, 0.2) is 42.0 Å². The van der Waals surface area contributed by atoms with Gasteiger partial charge < -0.3 is 5.32 Å². The molecule has 7 heteroatoms. The fourth-order valence-electron chi connectivity index (χ4n) is 1.45. The number of allylic oxidation sites excluding steroid dienone is 1. The Balaban J connectivity index is 2.16. The van der Waals surface area contributed by atoms with Crippen LogP contribution in [0.3, 0.4) is 0 Å². The van der Waals surface area contributed by atoms with Crippen molar-refractivity contribution in [1.82, 2.24) is 20.0 Å². The molecule has 0 amide bonds.